The number of halogens is 1. The predicted octanol–water partition coefficient (Wildman–Crippen LogP) is 1.53. The first kappa shape index (κ1) is 23.3. The van der Waals surface area contributed by atoms with E-state index in [-0.39, 0.29) is 23.9 Å². The summed E-state index contributed by atoms with van der Waals surface area (Å²) in [7, 11) is 1.85. The number of amides is 1. The van der Waals surface area contributed by atoms with Crippen LogP contribution in [0.2, 0.25) is 0 Å². The van der Waals surface area contributed by atoms with Gasteiger partial charge in [-0.1, -0.05) is 18.2 Å². The number of nitrogens with zero attached hydrogens (tertiary/aromatic N) is 3. The smallest absolute Gasteiger partial charge is 0.286 e. The van der Waals surface area contributed by atoms with Crippen molar-refractivity contribution in [2.75, 3.05) is 33.4 Å². The molecule has 0 bridgehead atoms. The number of nitrogens with two attached hydrogens (primary N) is 1. The zero-order valence-corrected chi connectivity index (χ0v) is 17.9. The minimum Gasteiger partial charge on any atom is -0.379 e. The third-order valence-corrected chi connectivity index (χ3v) is 4.98. The fourth-order valence-electron chi connectivity index (χ4n) is 3.19. The monoisotopic (exact) mass is 417 g/mol. The lowest BCUT2D eigenvalue weighted by Gasteiger charge is -2.38. The maximum Gasteiger partial charge on any atom is 0.286 e. The fourth-order valence-corrected chi connectivity index (χ4v) is 3.19. The molecule has 0 radical (unpaired) electrons. The van der Waals surface area contributed by atoms with Crippen molar-refractivity contribution >= 4 is 23.8 Å². The second kappa shape index (κ2) is 11.3. The number of amidine groups is 1. The van der Waals surface area contributed by atoms with Gasteiger partial charge in [-0.2, -0.15) is 4.99 Å². The first-order valence-electron chi connectivity index (χ1n) is 10.1. The van der Waals surface area contributed by atoms with Crippen molar-refractivity contribution in [1.29, 1.82) is 5.41 Å². The number of alkyl halides is 1. The Morgan fingerprint density at radius 3 is 2.97 bits per heavy atom. The first-order valence-corrected chi connectivity index (χ1v) is 10.1. The lowest BCUT2D eigenvalue weighted by Crippen LogP contribution is -2.54. The van der Waals surface area contributed by atoms with Gasteiger partial charge < -0.3 is 20.9 Å². The largest absolute Gasteiger partial charge is 0.379 e. The third-order valence-electron chi connectivity index (χ3n) is 4.98. The van der Waals surface area contributed by atoms with E-state index in [9.17, 15) is 9.18 Å². The molecule has 2 rings (SSSR count). The van der Waals surface area contributed by atoms with E-state index in [0.717, 1.165) is 11.3 Å². The molecular formula is C21H32FN7O. The van der Waals surface area contributed by atoms with Crippen molar-refractivity contribution in [3.8, 4) is 0 Å². The van der Waals surface area contributed by atoms with Crippen molar-refractivity contribution < 1.29 is 9.18 Å². The molecule has 9 heteroatoms. The molecule has 0 spiro atoms. The highest BCUT2D eigenvalue weighted by molar-refractivity contribution is 6.38. The molecule has 2 heterocycles. The molecule has 164 valence electrons. The van der Waals surface area contributed by atoms with Gasteiger partial charge in [-0.3, -0.25) is 15.1 Å². The highest BCUT2D eigenvalue weighted by Gasteiger charge is 2.26. The summed E-state index contributed by atoms with van der Waals surface area (Å²) >= 11 is 0. The Morgan fingerprint density at radius 2 is 2.27 bits per heavy atom. The number of likely N-dealkylation sites (N-methyl/N-ethyl adjacent to an activating group) is 1. The highest BCUT2D eigenvalue weighted by atomic mass is 19.1. The summed E-state index contributed by atoms with van der Waals surface area (Å²) in [6.07, 6.45) is 10.3. The summed E-state index contributed by atoms with van der Waals surface area (Å²) in [4.78, 5) is 23.0. The number of hydrogen-bond acceptors (Lipinski definition) is 3. The van der Waals surface area contributed by atoms with Gasteiger partial charge in [0.05, 0.1) is 6.04 Å². The SMILES string of the molecule is C/C=C\C=C/c1cc(CC(C)NC(=O)C(N)=NC(=N)N2CCN(C)C(CF)C2)c[nH]1. The van der Waals surface area contributed by atoms with Crippen LogP contribution in [0.4, 0.5) is 4.39 Å². The Labute approximate surface area is 177 Å². The van der Waals surface area contributed by atoms with E-state index < -0.39 is 12.6 Å². The third kappa shape index (κ3) is 6.84. The molecule has 0 aromatic carbocycles. The number of allylic oxidation sites excluding steroid dienone is 3. The Hall–Kier alpha value is -2.94. The molecule has 1 aliphatic heterocycles. The summed E-state index contributed by atoms with van der Waals surface area (Å²) in [5, 5.41) is 10.9. The van der Waals surface area contributed by atoms with Gasteiger partial charge in [-0.05, 0) is 45.0 Å². The van der Waals surface area contributed by atoms with Gasteiger partial charge >= 0.3 is 0 Å². The van der Waals surface area contributed by atoms with Crippen molar-refractivity contribution in [2.24, 2.45) is 10.7 Å². The molecule has 8 nitrogen and oxygen atoms in total. The summed E-state index contributed by atoms with van der Waals surface area (Å²) in [5.41, 5.74) is 7.84. The number of aliphatic imine (C=N–C) groups is 1. The molecule has 5 N–H and O–H groups in total. The summed E-state index contributed by atoms with van der Waals surface area (Å²) in [5.74, 6) is -0.913. The van der Waals surface area contributed by atoms with Crippen molar-refractivity contribution in [2.45, 2.75) is 32.4 Å². The number of hydrogen-bond donors (Lipinski definition) is 4. The molecule has 1 fully saturated rings. The molecule has 1 amide bonds. The topological polar surface area (TPSA) is 114 Å². The number of carbonyl (C=O) groups is 1. The van der Waals surface area contributed by atoms with Crippen LogP contribution in [0.1, 0.15) is 25.1 Å². The van der Waals surface area contributed by atoms with Crippen LogP contribution in [-0.4, -0.2) is 77.9 Å². The second-order valence-electron chi connectivity index (χ2n) is 7.48. The quantitative estimate of drug-likeness (QED) is 0.319. The number of aromatic amines is 1. The number of aromatic nitrogens is 1. The Morgan fingerprint density at radius 1 is 1.50 bits per heavy atom. The number of carbonyl (C=O) groups excluding carboxylic acids is 1. The van der Waals surface area contributed by atoms with Gasteiger partial charge in [-0.25, -0.2) is 4.39 Å². The van der Waals surface area contributed by atoms with Crippen molar-refractivity contribution in [1.82, 2.24) is 20.1 Å². The molecule has 0 saturated carbocycles. The van der Waals surface area contributed by atoms with E-state index in [1.165, 1.54) is 0 Å². The predicted molar refractivity (Wildman–Crippen MR) is 119 cm³/mol. The Bertz CT molecular complexity index is 814. The van der Waals surface area contributed by atoms with Crippen LogP contribution in [0, 0.1) is 5.41 Å². The summed E-state index contributed by atoms with van der Waals surface area (Å²) in [6, 6.07) is 1.57. The molecule has 1 aromatic rings. The van der Waals surface area contributed by atoms with E-state index in [1.807, 2.05) is 62.4 Å². The van der Waals surface area contributed by atoms with Crippen LogP contribution in [0.25, 0.3) is 6.08 Å². The van der Waals surface area contributed by atoms with Gasteiger partial charge in [0.2, 0.25) is 5.96 Å². The fraction of sp³-hybridized carbons (Fsp3) is 0.476. The number of rotatable bonds is 6. The van der Waals surface area contributed by atoms with Crippen LogP contribution in [0.3, 0.4) is 0 Å². The second-order valence-corrected chi connectivity index (χ2v) is 7.48. The zero-order chi connectivity index (χ0) is 22.1. The number of piperazine rings is 1. The Balaban J connectivity index is 1.87. The summed E-state index contributed by atoms with van der Waals surface area (Å²) in [6.45, 7) is 4.85. The molecular weight excluding hydrogens is 385 g/mol. The maximum atomic E-state index is 13.1. The zero-order valence-electron chi connectivity index (χ0n) is 17.9. The van der Waals surface area contributed by atoms with Gasteiger partial charge in [0.25, 0.3) is 5.91 Å². The minimum atomic E-state index is -0.521. The highest BCUT2D eigenvalue weighted by Crippen LogP contribution is 2.10. The van der Waals surface area contributed by atoms with Crippen LogP contribution < -0.4 is 11.1 Å². The normalized spacial score (nSPS) is 19.5. The van der Waals surface area contributed by atoms with Gasteiger partial charge in [0, 0.05) is 37.6 Å². The molecule has 1 aliphatic rings. The molecule has 2 unspecified atom stereocenters. The number of nitrogens with one attached hydrogen (secondary N) is 3. The average Bonchev–Trinajstić information content (AvgIpc) is 3.15. The maximum absolute atomic E-state index is 13.1. The molecule has 0 aliphatic carbocycles. The first-order chi connectivity index (χ1) is 14.3. The van der Waals surface area contributed by atoms with E-state index in [2.05, 4.69) is 15.3 Å². The molecule has 1 aromatic heterocycles. The standard InChI is InChI=1S/C21H32FN7O/c1-4-5-6-7-17-11-16(13-25-17)10-15(2)26-20(30)19(23)27-21(24)29-9-8-28(3)18(12-22)14-29/h4-7,11,13,15,18,25H,8-10,12,14H2,1-3H3,(H,26,30)(H3,23,24,27)/b5-4-,7-6-. The molecule has 2 atom stereocenters. The van der Waals surface area contributed by atoms with E-state index in [0.29, 0.717) is 26.1 Å². The average molecular weight is 418 g/mol. The molecule has 30 heavy (non-hydrogen) atoms. The van der Waals surface area contributed by atoms with Crippen LogP contribution >= 0.6 is 0 Å². The van der Waals surface area contributed by atoms with Crippen molar-refractivity contribution in [3.63, 3.8) is 0 Å². The number of guanidine groups is 1. The van der Waals surface area contributed by atoms with E-state index in [1.54, 1.807) is 4.90 Å². The van der Waals surface area contributed by atoms with Gasteiger partial charge in [-0.15, -0.1) is 0 Å². The lowest BCUT2D eigenvalue weighted by atomic mass is 10.1. The van der Waals surface area contributed by atoms with Crippen LogP contribution in [0.15, 0.2) is 35.5 Å². The van der Waals surface area contributed by atoms with Gasteiger partial charge in [0.15, 0.2) is 5.84 Å². The Kier molecular flexibility index (Phi) is 8.79. The van der Waals surface area contributed by atoms with E-state index >= 15 is 0 Å². The minimum absolute atomic E-state index is 0.120. The van der Waals surface area contributed by atoms with Crippen LogP contribution in [0.5, 0.6) is 0 Å². The lowest BCUT2D eigenvalue weighted by molar-refractivity contribution is -0.115. The van der Waals surface area contributed by atoms with Gasteiger partial charge in [0.1, 0.15) is 6.67 Å². The summed E-state index contributed by atoms with van der Waals surface area (Å²) < 4.78 is 13.1. The number of H-pyrrole nitrogens is 1. The van der Waals surface area contributed by atoms with Crippen molar-refractivity contribution in [3.05, 3.63) is 41.7 Å². The molecule has 1 saturated heterocycles. The van der Waals surface area contributed by atoms with E-state index in [4.69, 9.17) is 11.1 Å². The van der Waals surface area contributed by atoms with Crippen LogP contribution in [-0.2, 0) is 11.2 Å².